The molecule has 9 heteroatoms. The molecule has 4 rings (SSSR count). The number of β-amino-alcohol motifs (C(OH)–C–C–N with tert-alkyl or cyclic N) is 1. The summed E-state index contributed by atoms with van der Waals surface area (Å²) < 4.78 is 7.40. The summed E-state index contributed by atoms with van der Waals surface area (Å²) in [4.78, 5) is 4.49. The van der Waals surface area contributed by atoms with Crippen LogP contribution in [0.3, 0.4) is 0 Å². The van der Waals surface area contributed by atoms with E-state index in [2.05, 4.69) is 20.0 Å². The molecule has 2 aliphatic rings. The summed E-state index contributed by atoms with van der Waals surface area (Å²) in [6.07, 6.45) is 1.89. The van der Waals surface area contributed by atoms with Crippen molar-refractivity contribution in [1.82, 2.24) is 19.7 Å². The Morgan fingerprint density at radius 1 is 1.11 bits per heavy atom. The molecule has 1 N–H and O–H groups in total. The van der Waals surface area contributed by atoms with Crippen LogP contribution in [0.5, 0.6) is 0 Å². The molecule has 7 nitrogen and oxygen atoms in total. The number of hydrogen-bond donors (Lipinski definition) is 1. The molecule has 2 fully saturated rings. The third-order valence-corrected chi connectivity index (χ3v) is 6.47. The maximum absolute atomic E-state index is 10.5. The minimum Gasteiger partial charge on any atom is -0.391 e. The van der Waals surface area contributed by atoms with Crippen LogP contribution in [0.1, 0.15) is 12.8 Å². The summed E-state index contributed by atoms with van der Waals surface area (Å²) >= 11 is 8.01. The number of benzene rings is 1. The Hall–Kier alpha value is -1.32. The molecule has 0 bridgehead atoms. The minimum atomic E-state index is -0.435. The first-order valence-corrected chi connectivity index (χ1v) is 11.1. The summed E-state index contributed by atoms with van der Waals surface area (Å²) in [5.74, 6) is 1.38. The highest BCUT2D eigenvalue weighted by Gasteiger charge is 2.24. The molecule has 1 atom stereocenters. The van der Waals surface area contributed by atoms with Crippen molar-refractivity contribution < 1.29 is 9.84 Å². The van der Waals surface area contributed by atoms with E-state index in [1.807, 2.05) is 28.8 Å². The molecule has 0 spiro atoms. The van der Waals surface area contributed by atoms with Crippen molar-refractivity contribution in [3.8, 4) is 5.69 Å². The van der Waals surface area contributed by atoms with E-state index in [-0.39, 0.29) is 0 Å². The zero-order valence-corrected chi connectivity index (χ0v) is 17.4. The summed E-state index contributed by atoms with van der Waals surface area (Å²) in [6.45, 7) is 5.82. The maximum atomic E-state index is 10.5. The van der Waals surface area contributed by atoms with Crippen molar-refractivity contribution >= 4 is 29.3 Å². The Balaban J connectivity index is 1.51. The normalized spacial score (nSPS) is 19.3. The van der Waals surface area contributed by atoms with Gasteiger partial charge in [-0.2, -0.15) is 0 Å². The van der Waals surface area contributed by atoms with Crippen molar-refractivity contribution in [2.45, 2.75) is 24.1 Å². The Morgan fingerprint density at radius 3 is 2.61 bits per heavy atom. The van der Waals surface area contributed by atoms with E-state index >= 15 is 0 Å². The third-order valence-electron chi connectivity index (χ3n) is 5.08. The first kappa shape index (κ1) is 20.0. The van der Waals surface area contributed by atoms with Gasteiger partial charge in [0.25, 0.3) is 0 Å². The van der Waals surface area contributed by atoms with Crippen molar-refractivity contribution in [1.29, 1.82) is 0 Å². The molecule has 0 amide bonds. The van der Waals surface area contributed by atoms with Crippen LogP contribution in [0.15, 0.2) is 29.4 Å². The lowest BCUT2D eigenvalue weighted by atomic mass is 10.3. The van der Waals surface area contributed by atoms with Gasteiger partial charge in [0.15, 0.2) is 5.16 Å². The van der Waals surface area contributed by atoms with Gasteiger partial charge in [0.05, 0.1) is 30.0 Å². The highest BCUT2D eigenvalue weighted by atomic mass is 35.5. The molecule has 1 unspecified atom stereocenters. The number of para-hydroxylation sites is 1. The zero-order valence-electron chi connectivity index (χ0n) is 15.8. The molecule has 0 aliphatic carbocycles. The molecule has 3 heterocycles. The van der Waals surface area contributed by atoms with Crippen LogP contribution >= 0.6 is 23.4 Å². The van der Waals surface area contributed by atoms with Gasteiger partial charge in [-0.25, -0.2) is 0 Å². The molecule has 152 valence electrons. The Labute approximate surface area is 174 Å². The molecule has 0 radical (unpaired) electrons. The molecule has 2 aromatic rings. The van der Waals surface area contributed by atoms with Gasteiger partial charge in [-0.05, 0) is 25.0 Å². The lowest BCUT2D eigenvalue weighted by Gasteiger charge is -2.28. The Morgan fingerprint density at radius 2 is 1.86 bits per heavy atom. The molecule has 2 saturated heterocycles. The van der Waals surface area contributed by atoms with Crippen LogP contribution in [-0.2, 0) is 4.74 Å². The van der Waals surface area contributed by atoms with E-state index in [4.69, 9.17) is 16.3 Å². The molecule has 1 aromatic heterocycles. The van der Waals surface area contributed by atoms with Crippen molar-refractivity contribution in [2.24, 2.45) is 0 Å². The fourth-order valence-electron chi connectivity index (χ4n) is 3.63. The van der Waals surface area contributed by atoms with E-state index < -0.39 is 6.10 Å². The van der Waals surface area contributed by atoms with Crippen molar-refractivity contribution in [2.75, 3.05) is 56.6 Å². The number of aliphatic hydroxyl groups is 1. The number of rotatable bonds is 7. The van der Waals surface area contributed by atoms with Crippen molar-refractivity contribution in [3.05, 3.63) is 29.3 Å². The molecular weight excluding hydrogens is 398 g/mol. The van der Waals surface area contributed by atoms with Crippen LogP contribution in [0.25, 0.3) is 5.69 Å². The molecule has 1 aromatic carbocycles. The topological polar surface area (TPSA) is 66.7 Å². The fourth-order valence-corrected chi connectivity index (χ4v) is 4.70. The average molecular weight is 424 g/mol. The van der Waals surface area contributed by atoms with Gasteiger partial charge >= 0.3 is 0 Å². The molecular formula is C19H26ClN5O2S. The van der Waals surface area contributed by atoms with E-state index in [0.29, 0.717) is 17.3 Å². The van der Waals surface area contributed by atoms with Crippen LogP contribution in [0, 0.1) is 0 Å². The van der Waals surface area contributed by atoms with Crippen molar-refractivity contribution in [3.63, 3.8) is 0 Å². The molecule has 2 aliphatic heterocycles. The van der Waals surface area contributed by atoms with Gasteiger partial charge in [-0.3, -0.25) is 9.47 Å². The molecule has 28 heavy (non-hydrogen) atoms. The standard InChI is InChI=1S/C19H26ClN5O2S/c20-16-5-1-2-6-17(16)25-18(24-7-3-4-8-24)21-22-19(25)28-14-15(26)13-23-9-11-27-12-10-23/h1-2,5-6,15,26H,3-4,7-14H2. The number of aliphatic hydroxyl groups excluding tert-OH is 1. The summed E-state index contributed by atoms with van der Waals surface area (Å²) in [6, 6.07) is 7.76. The van der Waals surface area contributed by atoms with Crippen LogP contribution in [0.2, 0.25) is 5.02 Å². The first-order chi connectivity index (χ1) is 13.7. The number of morpholine rings is 1. The second-order valence-corrected chi connectivity index (χ2v) is 8.54. The Bertz CT molecular complexity index is 777. The van der Waals surface area contributed by atoms with Crippen LogP contribution in [0.4, 0.5) is 5.95 Å². The van der Waals surface area contributed by atoms with Gasteiger partial charge in [-0.15, -0.1) is 10.2 Å². The number of hydrogen-bond acceptors (Lipinski definition) is 7. The van der Waals surface area contributed by atoms with E-state index in [1.165, 1.54) is 11.8 Å². The van der Waals surface area contributed by atoms with Gasteiger partial charge in [0, 0.05) is 38.5 Å². The summed E-state index contributed by atoms with van der Waals surface area (Å²) in [7, 11) is 0. The third kappa shape index (κ3) is 4.63. The smallest absolute Gasteiger partial charge is 0.232 e. The number of halogens is 1. The number of ether oxygens (including phenoxy) is 1. The van der Waals surface area contributed by atoms with Gasteiger partial charge in [0.2, 0.25) is 5.95 Å². The van der Waals surface area contributed by atoms with Gasteiger partial charge in [-0.1, -0.05) is 35.5 Å². The monoisotopic (exact) mass is 423 g/mol. The van der Waals surface area contributed by atoms with E-state index in [1.54, 1.807) is 0 Å². The quantitative estimate of drug-likeness (QED) is 0.685. The number of nitrogens with zero attached hydrogens (tertiary/aromatic N) is 5. The zero-order chi connectivity index (χ0) is 19.3. The predicted molar refractivity (Wildman–Crippen MR) is 112 cm³/mol. The fraction of sp³-hybridized carbons (Fsp3) is 0.579. The number of anilines is 1. The van der Waals surface area contributed by atoms with Gasteiger partial charge in [0.1, 0.15) is 0 Å². The van der Waals surface area contributed by atoms with Gasteiger partial charge < -0.3 is 14.7 Å². The highest BCUT2D eigenvalue weighted by Crippen LogP contribution is 2.32. The SMILES string of the molecule is OC(CSc1nnc(N2CCCC2)n1-c1ccccc1Cl)CN1CCOCC1. The largest absolute Gasteiger partial charge is 0.391 e. The first-order valence-electron chi connectivity index (χ1n) is 9.78. The second kappa shape index (κ2) is 9.45. The summed E-state index contributed by atoms with van der Waals surface area (Å²) in [5.41, 5.74) is 0.876. The highest BCUT2D eigenvalue weighted by molar-refractivity contribution is 7.99. The van der Waals surface area contributed by atoms with Crippen LogP contribution in [-0.4, -0.2) is 82.6 Å². The lowest BCUT2D eigenvalue weighted by Crippen LogP contribution is -2.41. The molecule has 0 saturated carbocycles. The van der Waals surface area contributed by atoms with E-state index in [9.17, 15) is 5.11 Å². The Kier molecular flexibility index (Phi) is 6.74. The summed E-state index contributed by atoms with van der Waals surface area (Å²) in [5, 5.41) is 20.8. The lowest BCUT2D eigenvalue weighted by molar-refractivity contribution is 0.0188. The minimum absolute atomic E-state index is 0.435. The van der Waals surface area contributed by atoms with Crippen LogP contribution < -0.4 is 4.90 Å². The average Bonchev–Trinajstić information content (AvgIpc) is 3.37. The number of thioether (sulfide) groups is 1. The van der Waals surface area contributed by atoms with E-state index in [0.717, 1.165) is 69.0 Å². The predicted octanol–water partition coefficient (Wildman–Crippen LogP) is 2.31. The second-order valence-electron chi connectivity index (χ2n) is 7.14. The number of aromatic nitrogens is 3. The maximum Gasteiger partial charge on any atom is 0.232 e.